The largest absolute Gasteiger partial charge is 0.573 e. The molecular formula is C18H20F3N3O2. The van der Waals surface area contributed by atoms with Gasteiger partial charge in [-0.1, -0.05) is 30.3 Å². The van der Waals surface area contributed by atoms with E-state index in [0.29, 0.717) is 6.54 Å². The number of halogens is 3. The maximum Gasteiger partial charge on any atom is 0.573 e. The van der Waals surface area contributed by atoms with Crippen LogP contribution >= 0.6 is 0 Å². The Kier molecular flexibility index (Phi) is 6.32. The molecule has 0 spiro atoms. The molecule has 2 N–H and O–H groups in total. The summed E-state index contributed by atoms with van der Waals surface area (Å²) in [6.07, 6.45) is -4.78. The van der Waals surface area contributed by atoms with Crippen molar-refractivity contribution in [3.8, 4) is 5.75 Å². The van der Waals surface area contributed by atoms with Crippen LogP contribution in [0.3, 0.4) is 0 Å². The lowest BCUT2D eigenvalue weighted by molar-refractivity contribution is -0.274. The predicted octanol–water partition coefficient (Wildman–Crippen LogP) is 3.65. The molecule has 5 nitrogen and oxygen atoms in total. The van der Waals surface area contributed by atoms with Crippen LogP contribution in [0.1, 0.15) is 11.1 Å². The smallest absolute Gasteiger partial charge is 0.405 e. The zero-order valence-electron chi connectivity index (χ0n) is 14.4. The third-order valence-corrected chi connectivity index (χ3v) is 3.54. The summed E-state index contributed by atoms with van der Waals surface area (Å²) in [4.78, 5) is 13.8. The van der Waals surface area contributed by atoms with Crippen LogP contribution in [0.2, 0.25) is 0 Å². The number of rotatable bonds is 6. The molecule has 2 rings (SSSR count). The normalized spacial score (nSPS) is 11.0. The van der Waals surface area contributed by atoms with E-state index < -0.39 is 12.4 Å². The SMILES string of the molecule is CN(C)c1ccc(CNC(=O)NCc2ccccc2OC(F)(F)F)cc1. The minimum Gasteiger partial charge on any atom is -0.405 e. The molecule has 0 aliphatic carbocycles. The lowest BCUT2D eigenvalue weighted by atomic mass is 10.2. The number of carbonyl (C=O) groups excluding carboxylic acids is 1. The lowest BCUT2D eigenvalue weighted by Gasteiger charge is -2.14. The highest BCUT2D eigenvalue weighted by Crippen LogP contribution is 2.26. The van der Waals surface area contributed by atoms with E-state index in [4.69, 9.17) is 0 Å². The fourth-order valence-electron chi connectivity index (χ4n) is 2.21. The van der Waals surface area contributed by atoms with E-state index in [1.54, 1.807) is 6.07 Å². The fraction of sp³-hybridized carbons (Fsp3) is 0.278. The summed E-state index contributed by atoms with van der Waals surface area (Å²) < 4.78 is 41.1. The molecule has 0 aromatic heterocycles. The molecule has 26 heavy (non-hydrogen) atoms. The van der Waals surface area contributed by atoms with Crippen molar-refractivity contribution in [3.05, 3.63) is 59.7 Å². The zero-order chi connectivity index (χ0) is 19.2. The van der Waals surface area contributed by atoms with Gasteiger partial charge < -0.3 is 20.3 Å². The van der Waals surface area contributed by atoms with E-state index in [2.05, 4.69) is 15.4 Å². The summed E-state index contributed by atoms with van der Waals surface area (Å²) in [5.41, 5.74) is 2.18. The van der Waals surface area contributed by atoms with E-state index in [-0.39, 0.29) is 17.9 Å². The first kappa shape index (κ1) is 19.4. The summed E-state index contributed by atoms with van der Waals surface area (Å²) in [5.74, 6) is -0.334. The first-order valence-electron chi connectivity index (χ1n) is 7.86. The Labute approximate surface area is 149 Å². The molecular weight excluding hydrogens is 347 g/mol. The topological polar surface area (TPSA) is 53.6 Å². The standard InChI is InChI=1S/C18H20F3N3O2/c1-24(2)15-9-7-13(8-10-15)11-22-17(25)23-12-14-5-3-4-6-16(14)26-18(19,20)21/h3-10H,11-12H2,1-2H3,(H2,22,23,25). The second-order valence-corrected chi connectivity index (χ2v) is 5.75. The molecule has 0 heterocycles. The van der Waals surface area contributed by atoms with Crippen molar-refractivity contribution < 1.29 is 22.7 Å². The lowest BCUT2D eigenvalue weighted by Crippen LogP contribution is -2.34. The first-order chi connectivity index (χ1) is 12.2. The van der Waals surface area contributed by atoms with Crippen LogP contribution in [0.4, 0.5) is 23.7 Å². The number of amides is 2. The van der Waals surface area contributed by atoms with Crippen LogP contribution in [0.25, 0.3) is 0 Å². The number of nitrogens with zero attached hydrogens (tertiary/aromatic N) is 1. The molecule has 0 fully saturated rings. The Bertz CT molecular complexity index is 731. The van der Waals surface area contributed by atoms with Crippen LogP contribution in [0.5, 0.6) is 5.75 Å². The van der Waals surface area contributed by atoms with E-state index in [1.165, 1.54) is 18.2 Å². The highest BCUT2D eigenvalue weighted by atomic mass is 19.4. The van der Waals surface area contributed by atoms with Crippen molar-refractivity contribution in [2.75, 3.05) is 19.0 Å². The fourth-order valence-corrected chi connectivity index (χ4v) is 2.21. The van der Waals surface area contributed by atoms with Crippen molar-refractivity contribution in [1.29, 1.82) is 0 Å². The monoisotopic (exact) mass is 367 g/mol. The van der Waals surface area contributed by atoms with Gasteiger partial charge in [-0.3, -0.25) is 0 Å². The number of carbonyl (C=O) groups is 1. The zero-order valence-corrected chi connectivity index (χ0v) is 14.4. The first-order valence-corrected chi connectivity index (χ1v) is 7.86. The van der Waals surface area contributed by atoms with Gasteiger partial charge in [-0.15, -0.1) is 13.2 Å². The minimum atomic E-state index is -4.78. The maximum atomic E-state index is 12.4. The van der Waals surface area contributed by atoms with Crippen LogP contribution in [-0.4, -0.2) is 26.5 Å². The molecule has 2 aromatic rings. The van der Waals surface area contributed by atoms with Crippen LogP contribution in [-0.2, 0) is 13.1 Å². The van der Waals surface area contributed by atoms with Gasteiger partial charge in [0, 0.05) is 38.4 Å². The number of anilines is 1. The molecule has 0 bridgehead atoms. The predicted molar refractivity (Wildman–Crippen MR) is 93.0 cm³/mol. The second-order valence-electron chi connectivity index (χ2n) is 5.75. The summed E-state index contributed by atoms with van der Waals surface area (Å²) in [5, 5.41) is 5.18. The number of nitrogens with one attached hydrogen (secondary N) is 2. The van der Waals surface area contributed by atoms with Gasteiger partial charge in [0.1, 0.15) is 5.75 Å². The number of hydrogen-bond donors (Lipinski definition) is 2. The average molecular weight is 367 g/mol. The van der Waals surface area contributed by atoms with Gasteiger partial charge in [0.15, 0.2) is 0 Å². The Morgan fingerprint density at radius 3 is 2.23 bits per heavy atom. The van der Waals surface area contributed by atoms with E-state index in [0.717, 1.165) is 11.3 Å². The molecule has 140 valence electrons. The number of alkyl halides is 3. The summed E-state index contributed by atoms with van der Waals surface area (Å²) in [7, 11) is 3.86. The summed E-state index contributed by atoms with van der Waals surface area (Å²) in [6, 6.07) is 12.8. The van der Waals surface area contributed by atoms with Crippen LogP contribution in [0, 0.1) is 0 Å². The Morgan fingerprint density at radius 1 is 1.00 bits per heavy atom. The molecule has 0 saturated carbocycles. The van der Waals surface area contributed by atoms with E-state index in [1.807, 2.05) is 43.3 Å². The third-order valence-electron chi connectivity index (χ3n) is 3.54. The summed E-state index contributed by atoms with van der Waals surface area (Å²) >= 11 is 0. The van der Waals surface area contributed by atoms with Gasteiger partial charge in [-0.05, 0) is 23.8 Å². The molecule has 0 saturated heterocycles. The Balaban J connectivity index is 1.85. The van der Waals surface area contributed by atoms with Gasteiger partial charge in [0.05, 0.1) is 0 Å². The molecule has 2 amide bonds. The molecule has 0 radical (unpaired) electrons. The molecule has 8 heteroatoms. The quantitative estimate of drug-likeness (QED) is 0.820. The van der Waals surface area contributed by atoms with Crippen LogP contribution in [0.15, 0.2) is 48.5 Å². The second kappa shape index (κ2) is 8.46. The molecule has 0 aliphatic heterocycles. The van der Waals surface area contributed by atoms with Gasteiger partial charge in [-0.25, -0.2) is 4.79 Å². The third kappa shape index (κ3) is 6.19. The number of benzene rings is 2. The van der Waals surface area contributed by atoms with Crippen molar-refractivity contribution in [2.45, 2.75) is 19.5 Å². The van der Waals surface area contributed by atoms with Crippen molar-refractivity contribution in [3.63, 3.8) is 0 Å². The van der Waals surface area contributed by atoms with Crippen LogP contribution < -0.4 is 20.3 Å². The number of urea groups is 1. The van der Waals surface area contributed by atoms with Gasteiger partial charge >= 0.3 is 12.4 Å². The van der Waals surface area contributed by atoms with Crippen molar-refractivity contribution >= 4 is 11.7 Å². The van der Waals surface area contributed by atoms with Gasteiger partial charge in [0.2, 0.25) is 0 Å². The Hall–Kier alpha value is -2.90. The van der Waals surface area contributed by atoms with E-state index in [9.17, 15) is 18.0 Å². The maximum absolute atomic E-state index is 12.4. The minimum absolute atomic E-state index is 0.0857. The summed E-state index contributed by atoms with van der Waals surface area (Å²) in [6.45, 7) is 0.220. The Morgan fingerprint density at radius 2 is 1.62 bits per heavy atom. The molecule has 2 aromatic carbocycles. The highest BCUT2D eigenvalue weighted by Gasteiger charge is 2.31. The van der Waals surface area contributed by atoms with Crippen molar-refractivity contribution in [2.24, 2.45) is 0 Å². The number of para-hydroxylation sites is 1. The number of hydrogen-bond acceptors (Lipinski definition) is 3. The van der Waals surface area contributed by atoms with Crippen molar-refractivity contribution in [1.82, 2.24) is 10.6 Å². The molecule has 0 atom stereocenters. The van der Waals surface area contributed by atoms with Gasteiger partial charge in [0.25, 0.3) is 0 Å². The molecule has 0 aliphatic rings. The number of ether oxygens (including phenoxy) is 1. The average Bonchev–Trinajstić information content (AvgIpc) is 2.58. The molecule has 0 unspecified atom stereocenters. The highest BCUT2D eigenvalue weighted by molar-refractivity contribution is 5.74. The van der Waals surface area contributed by atoms with E-state index >= 15 is 0 Å². The van der Waals surface area contributed by atoms with Gasteiger partial charge in [-0.2, -0.15) is 0 Å².